The van der Waals surface area contributed by atoms with Gasteiger partial charge in [-0.25, -0.2) is 14.8 Å². The fourth-order valence-electron chi connectivity index (χ4n) is 2.99. The van der Waals surface area contributed by atoms with Crippen LogP contribution in [-0.4, -0.2) is 45.8 Å². The molecule has 0 saturated carbocycles. The molecule has 2 N–H and O–H groups in total. The van der Waals surface area contributed by atoms with Gasteiger partial charge < -0.3 is 9.64 Å². The van der Waals surface area contributed by atoms with E-state index in [1.165, 1.54) is 43.3 Å². The Balaban J connectivity index is 1.93. The summed E-state index contributed by atoms with van der Waals surface area (Å²) >= 11 is 0. The molecule has 0 radical (unpaired) electrons. The molecule has 0 fully saturated rings. The van der Waals surface area contributed by atoms with E-state index in [4.69, 9.17) is 4.74 Å². The molecule has 3 rings (SSSR count). The summed E-state index contributed by atoms with van der Waals surface area (Å²) in [5, 5.41) is 22.8. The molecule has 0 atom stereocenters. The number of aromatic nitrogens is 2. The van der Waals surface area contributed by atoms with Gasteiger partial charge in [-0.2, -0.15) is 0 Å². The summed E-state index contributed by atoms with van der Waals surface area (Å²) in [7, 11) is 2.67. The molecule has 2 aromatic carbocycles. The standard InChI is InChI=1S/C20H17N7O7/c1-25(15-9-4-3-8-14(15)20(29)34-2)18-16(27(32)33)17(21-11-22-18)23-24-19(28)12-6-5-7-13(10-12)26(30)31/h3-11H,1-2H3,(H,24,28)(H,21,22,23). The number of benzene rings is 2. The van der Waals surface area contributed by atoms with Gasteiger partial charge in [0.1, 0.15) is 6.33 Å². The van der Waals surface area contributed by atoms with E-state index in [0.717, 1.165) is 12.4 Å². The molecule has 3 aromatic rings. The number of methoxy groups -OCH3 is 1. The van der Waals surface area contributed by atoms with Crippen LogP contribution in [0.5, 0.6) is 0 Å². The summed E-state index contributed by atoms with van der Waals surface area (Å²) < 4.78 is 4.76. The number of non-ortho nitro benzene ring substituents is 1. The second kappa shape index (κ2) is 9.99. The van der Waals surface area contributed by atoms with E-state index in [1.54, 1.807) is 18.2 Å². The Morgan fingerprint density at radius 1 is 1.03 bits per heavy atom. The number of hydrazine groups is 1. The molecule has 1 heterocycles. The Bertz CT molecular complexity index is 1280. The van der Waals surface area contributed by atoms with Crippen LogP contribution < -0.4 is 15.8 Å². The molecule has 0 aliphatic carbocycles. The van der Waals surface area contributed by atoms with Crippen LogP contribution in [0.25, 0.3) is 0 Å². The summed E-state index contributed by atoms with van der Waals surface area (Å²) in [5.74, 6) is -1.97. The van der Waals surface area contributed by atoms with Crippen molar-refractivity contribution in [2.24, 2.45) is 0 Å². The minimum atomic E-state index is -0.789. The number of nitrogens with zero attached hydrogens (tertiary/aromatic N) is 5. The third-order valence-electron chi connectivity index (χ3n) is 4.59. The third kappa shape index (κ3) is 4.85. The third-order valence-corrected chi connectivity index (χ3v) is 4.59. The van der Waals surface area contributed by atoms with Gasteiger partial charge in [0, 0.05) is 24.7 Å². The minimum Gasteiger partial charge on any atom is -0.465 e. The number of hydrogen-bond acceptors (Lipinski definition) is 11. The van der Waals surface area contributed by atoms with Crippen molar-refractivity contribution in [3.63, 3.8) is 0 Å². The van der Waals surface area contributed by atoms with Gasteiger partial charge >= 0.3 is 11.7 Å². The summed E-state index contributed by atoms with van der Waals surface area (Å²) in [6, 6.07) is 11.2. The Morgan fingerprint density at radius 2 is 1.76 bits per heavy atom. The Hall–Kier alpha value is -5.14. The predicted octanol–water partition coefficient (Wildman–Crippen LogP) is 2.60. The molecular formula is C20H17N7O7. The molecule has 0 aliphatic rings. The lowest BCUT2D eigenvalue weighted by atomic mass is 10.1. The van der Waals surface area contributed by atoms with Crippen molar-refractivity contribution < 1.29 is 24.2 Å². The van der Waals surface area contributed by atoms with Crippen molar-refractivity contribution in [3.05, 3.63) is 86.2 Å². The number of nitrogens with one attached hydrogen (secondary N) is 2. The lowest BCUT2D eigenvalue weighted by Gasteiger charge is -2.21. The highest BCUT2D eigenvalue weighted by molar-refractivity contribution is 5.97. The molecule has 0 bridgehead atoms. The SMILES string of the molecule is COC(=O)c1ccccc1N(C)c1ncnc(NNC(=O)c2cccc([N+](=O)[O-])c2)c1[N+](=O)[O-]. The second-order valence-electron chi connectivity index (χ2n) is 6.61. The lowest BCUT2D eigenvalue weighted by Crippen LogP contribution is -2.30. The van der Waals surface area contributed by atoms with Crippen molar-refractivity contribution in [3.8, 4) is 0 Å². The zero-order chi connectivity index (χ0) is 24.8. The number of hydrogen-bond donors (Lipinski definition) is 2. The van der Waals surface area contributed by atoms with Crippen molar-refractivity contribution >= 4 is 40.6 Å². The number of nitro groups is 2. The number of carbonyl (C=O) groups is 2. The van der Waals surface area contributed by atoms with Gasteiger partial charge in [0.25, 0.3) is 11.6 Å². The summed E-state index contributed by atoms with van der Waals surface area (Å²) in [6.07, 6.45) is 1.03. The zero-order valence-electron chi connectivity index (χ0n) is 17.8. The van der Waals surface area contributed by atoms with Crippen LogP contribution in [0.3, 0.4) is 0 Å². The molecule has 1 amide bonds. The van der Waals surface area contributed by atoms with Gasteiger partial charge in [0.05, 0.1) is 28.2 Å². The fraction of sp³-hybridized carbons (Fsp3) is 0.100. The summed E-state index contributed by atoms with van der Waals surface area (Å²) in [5.41, 5.74) is 4.06. The van der Waals surface area contributed by atoms with Crippen LogP contribution in [-0.2, 0) is 4.74 Å². The first-order chi connectivity index (χ1) is 16.2. The van der Waals surface area contributed by atoms with E-state index in [0.29, 0.717) is 0 Å². The molecule has 0 unspecified atom stereocenters. The van der Waals surface area contributed by atoms with Crippen LogP contribution in [0.1, 0.15) is 20.7 Å². The first-order valence-corrected chi connectivity index (χ1v) is 9.45. The monoisotopic (exact) mass is 467 g/mol. The molecule has 1 aromatic heterocycles. The molecule has 34 heavy (non-hydrogen) atoms. The van der Waals surface area contributed by atoms with Crippen LogP contribution in [0.4, 0.5) is 28.7 Å². The molecule has 14 nitrogen and oxygen atoms in total. The minimum absolute atomic E-state index is 0.0530. The van der Waals surface area contributed by atoms with Crippen molar-refractivity contribution in [1.29, 1.82) is 0 Å². The van der Waals surface area contributed by atoms with Gasteiger partial charge in [0.2, 0.25) is 11.6 Å². The highest BCUT2D eigenvalue weighted by atomic mass is 16.6. The average molecular weight is 467 g/mol. The molecule has 14 heteroatoms. The number of ether oxygens (including phenoxy) is 1. The van der Waals surface area contributed by atoms with Crippen LogP contribution in [0.15, 0.2) is 54.9 Å². The Kier molecular flexibility index (Phi) is 6.91. The molecular weight excluding hydrogens is 450 g/mol. The number of anilines is 3. The topological polar surface area (TPSA) is 183 Å². The van der Waals surface area contributed by atoms with E-state index in [1.807, 2.05) is 0 Å². The first kappa shape index (κ1) is 23.5. The lowest BCUT2D eigenvalue weighted by molar-refractivity contribution is -0.384. The zero-order valence-corrected chi connectivity index (χ0v) is 17.8. The average Bonchev–Trinajstić information content (AvgIpc) is 2.85. The van der Waals surface area contributed by atoms with Crippen molar-refractivity contribution in [2.75, 3.05) is 24.5 Å². The van der Waals surface area contributed by atoms with Gasteiger partial charge in [-0.15, -0.1) is 0 Å². The highest BCUT2D eigenvalue weighted by Gasteiger charge is 2.28. The first-order valence-electron chi connectivity index (χ1n) is 9.45. The maximum atomic E-state index is 12.4. The maximum absolute atomic E-state index is 12.4. The molecule has 174 valence electrons. The van der Waals surface area contributed by atoms with Crippen molar-refractivity contribution in [1.82, 2.24) is 15.4 Å². The van der Waals surface area contributed by atoms with Crippen molar-refractivity contribution in [2.45, 2.75) is 0 Å². The Labute approximate surface area is 191 Å². The van der Waals surface area contributed by atoms with E-state index in [2.05, 4.69) is 20.8 Å². The van der Waals surface area contributed by atoms with Gasteiger partial charge in [0.15, 0.2) is 0 Å². The van der Waals surface area contributed by atoms with E-state index >= 15 is 0 Å². The van der Waals surface area contributed by atoms with E-state index in [-0.39, 0.29) is 34.1 Å². The van der Waals surface area contributed by atoms with Gasteiger partial charge in [-0.05, 0) is 18.2 Å². The number of carbonyl (C=O) groups excluding carboxylic acids is 2. The number of esters is 1. The quantitative estimate of drug-likeness (QED) is 0.282. The number of nitro benzene ring substituents is 1. The number of para-hydroxylation sites is 1. The number of amides is 1. The maximum Gasteiger partial charge on any atom is 0.355 e. The normalized spacial score (nSPS) is 10.2. The van der Waals surface area contributed by atoms with Gasteiger partial charge in [-0.3, -0.25) is 35.9 Å². The largest absolute Gasteiger partial charge is 0.465 e. The smallest absolute Gasteiger partial charge is 0.355 e. The summed E-state index contributed by atoms with van der Waals surface area (Å²) in [6.45, 7) is 0. The summed E-state index contributed by atoms with van der Waals surface area (Å²) in [4.78, 5) is 55.0. The molecule has 0 spiro atoms. The number of rotatable bonds is 8. The molecule has 0 aliphatic heterocycles. The Morgan fingerprint density at radius 3 is 2.44 bits per heavy atom. The highest BCUT2D eigenvalue weighted by Crippen LogP contribution is 2.36. The van der Waals surface area contributed by atoms with Gasteiger partial charge in [-0.1, -0.05) is 18.2 Å². The van der Waals surface area contributed by atoms with E-state index < -0.39 is 27.4 Å². The second-order valence-corrected chi connectivity index (χ2v) is 6.61. The van der Waals surface area contributed by atoms with E-state index in [9.17, 15) is 29.8 Å². The van der Waals surface area contributed by atoms with Crippen LogP contribution in [0.2, 0.25) is 0 Å². The fourth-order valence-corrected chi connectivity index (χ4v) is 2.99. The van der Waals surface area contributed by atoms with Crippen LogP contribution >= 0.6 is 0 Å². The van der Waals surface area contributed by atoms with Crippen LogP contribution in [0, 0.1) is 20.2 Å². The predicted molar refractivity (Wildman–Crippen MR) is 119 cm³/mol. The molecule has 0 saturated heterocycles.